The average Bonchev–Trinajstić information content (AvgIpc) is 2.03. The number of benzene rings is 1. The van der Waals surface area contributed by atoms with E-state index in [1.807, 2.05) is 0 Å². The second-order valence-electron chi connectivity index (χ2n) is 2.21. The van der Waals surface area contributed by atoms with E-state index in [9.17, 15) is 13.6 Å². The minimum Gasteiger partial charge on any atom is -0.293 e. The molecule has 0 N–H and O–H groups in total. The first kappa shape index (κ1) is 9.19. The number of carbonyl (C=O) groups excluding carboxylic acids is 1. The molecule has 1 aromatic carbocycles. The highest BCUT2D eigenvalue weighted by molar-refractivity contribution is 7.81. The van der Waals surface area contributed by atoms with Gasteiger partial charge in [-0.25, -0.2) is 8.78 Å². The molecule has 0 saturated heterocycles. The number of rotatable bonds is 2. The van der Waals surface area contributed by atoms with Crippen molar-refractivity contribution >= 4 is 18.4 Å². The van der Waals surface area contributed by atoms with E-state index in [2.05, 4.69) is 12.6 Å². The molecule has 1 aromatic rings. The number of hydrogen-bond donors (Lipinski definition) is 1. The summed E-state index contributed by atoms with van der Waals surface area (Å²) in [7, 11) is 0. The summed E-state index contributed by atoms with van der Waals surface area (Å²) in [6, 6.07) is 2.83. The van der Waals surface area contributed by atoms with Crippen LogP contribution in [0.25, 0.3) is 0 Å². The highest BCUT2D eigenvalue weighted by Gasteiger charge is 2.09. The van der Waals surface area contributed by atoms with Crippen LogP contribution in [-0.4, -0.2) is 11.5 Å². The van der Waals surface area contributed by atoms with Crippen molar-refractivity contribution in [1.82, 2.24) is 0 Å². The third-order valence-corrected chi connectivity index (χ3v) is 1.66. The maximum atomic E-state index is 12.8. The van der Waals surface area contributed by atoms with Crippen LogP contribution >= 0.6 is 12.6 Å². The Morgan fingerprint density at radius 1 is 1.42 bits per heavy atom. The third-order valence-electron chi connectivity index (χ3n) is 1.38. The molecule has 0 aliphatic carbocycles. The molecular formula is C8H6F2OS. The van der Waals surface area contributed by atoms with Crippen LogP contribution < -0.4 is 0 Å². The van der Waals surface area contributed by atoms with Crippen LogP contribution in [0.3, 0.4) is 0 Å². The normalized spacial score (nSPS) is 9.92. The third kappa shape index (κ3) is 1.82. The predicted octanol–water partition coefficient (Wildman–Crippen LogP) is 2.08. The van der Waals surface area contributed by atoms with Gasteiger partial charge in [0.25, 0.3) is 0 Å². The first-order chi connectivity index (χ1) is 5.65. The van der Waals surface area contributed by atoms with E-state index in [-0.39, 0.29) is 11.3 Å². The fraction of sp³-hybridized carbons (Fsp3) is 0.125. The summed E-state index contributed by atoms with van der Waals surface area (Å²) in [5, 5.41) is 0. The molecule has 0 aromatic heterocycles. The zero-order chi connectivity index (χ0) is 9.14. The molecule has 0 heterocycles. The van der Waals surface area contributed by atoms with E-state index in [0.717, 1.165) is 12.1 Å². The monoisotopic (exact) mass is 188 g/mol. The lowest BCUT2D eigenvalue weighted by molar-refractivity contribution is 0.101. The fourth-order valence-corrected chi connectivity index (χ4v) is 0.971. The number of halogens is 2. The fourth-order valence-electron chi connectivity index (χ4n) is 0.801. The first-order valence-corrected chi connectivity index (χ1v) is 3.87. The zero-order valence-corrected chi connectivity index (χ0v) is 6.94. The summed E-state index contributed by atoms with van der Waals surface area (Å²) in [6.07, 6.45) is 0. The van der Waals surface area contributed by atoms with Gasteiger partial charge in [-0.2, -0.15) is 12.6 Å². The van der Waals surface area contributed by atoms with Crippen molar-refractivity contribution in [2.24, 2.45) is 0 Å². The number of carbonyl (C=O) groups is 1. The van der Waals surface area contributed by atoms with Gasteiger partial charge in [0.05, 0.1) is 11.3 Å². The van der Waals surface area contributed by atoms with Crippen molar-refractivity contribution in [2.45, 2.75) is 0 Å². The first-order valence-electron chi connectivity index (χ1n) is 3.24. The lowest BCUT2D eigenvalue weighted by Gasteiger charge is -1.98. The molecule has 0 atom stereocenters. The molecule has 64 valence electrons. The van der Waals surface area contributed by atoms with Crippen molar-refractivity contribution in [3.63, 3.8) is 0 Å². The maximum absolute atomic E-state index is 12.8. The molecule has 4 heteroatoms. The lowest BCUT2D eigenvalue weighted by atomic mass is 10.1. The van der Waals surface area contributed by atoms with Crippen LogP contribution in [0, 0.1) is 11.6 Å². The molecule has 1 nitrogen and oxygen atoms in total. The van der Waals surface area contributed by atoms with Gasteiger partial charge in [-0.15, -0.1) is 0 Å². The molecule has 0 fully saturated rings. The topological polar surface area (TPSA) is 17.1 Å². The summed E-state index contributed by atoms with van der Waals surface area (Å²) in [5.74, 6) is -2.06. The van der Waals surface area contributed by atoms with Crippen LogP contribution in [0.1, 0.15) is 10.4 Å². The van der Waals surface area contributed by atoms with Gasteiger partial charge < -0.3 is 0 Å². The van der Waals surface area contributed by atoms with E-state index >= 15 is 0 Å². The van der Waals surface area contributed by atoms with Crippen LogP contribution in [0.5, 0.6) is 0 Å². The van der Waals surface area contributed by atoms with E-state index in [0.29, 0.717) is 6.07 Å². The van der Waals surface area contributed by atoms with Gasteiger partial charge in [0.1, 0.15) is 11.6 Å². The molecule has 0 unspecified atom stereocenters. The highest BCUT2D eigenvalue weighted by atomic mass is 32.1. The molecule has 12 heavy (non-hydrogen) atoms. The molecule has 0 bridgehead atoms. The molecule has 0 aliphatic rings. The van der Waals surface area contributed by atoms with Crippen molar-refractivity contribution in [2.75, 3.05) is 5.75 Å². The number of thiol groups is 1. The summed E-state index contributed by atoms with van der Waals surface area (Å²) in [6.45, 7) is 0. The standard InChI is InChI=1S/C8H6F2OS/c9-5-1-2-6(7(10)3-5)8(11)4-12/h1-3,12H,4H2. The van der Waals surface area contributed by atoms with Crippen molar-refractivity contribution in [1.29, 1.82) is 0 Å². The molecule has 0 spiro atoms. The lowest BCUT2D eigenvalue weighted by Crippen LogP contribution is -2.03. The minimum atomic E-state index is -0.839. The van der Waals surface area contributed by atoms with Gasteiger partial charge in [-0.1, -0.05) is 0 Å². The Balaban J connectivity index is 3.09. The summed E-state index contributed by atoms with van der Waals surface area (Å²) >= 11 is 3.69. The average molecular weight is 188 g/mol. The summed E-state index contributed by atoms with van der Waals surface area (Å²) < 4.78 is 25.1. The van der Waals surface area contributed by atoms with Crippen LogP contribution in [0.15, 0.2) is 18.2 Å². The smallest absolute Gasteiger partial charge is 0.175 e. The molecule has 0 saturated carbocycles. The van der Waals surface area contributed by atoms with Gasteiger partial charge in [0, 0.05) is 6.07 Å². The Bertz CT molecular complexity index is 312. The quantitative estimate of drug-likeness (QED) is 0.555. The molecule has 0 amide bonds. The Morgan fingerprint density at radius 3 is 2.58 bits per heavy atom. The largest absolute Gasteiger partial charge is 0.293 e. The van der Waals surface area contributed by atoms with E-state index in [4.69, 9.17) is 0 Å². The predicted molar refractivity (Wildman–Crippen MR) is 44.5 cm³/mol. The molecular weight excluding hydrogens is 182 g/mol. The molecule has 0 radical (unpaired) electrons. The van der Waals surface area contributed by atoms with Gasteiger partial charge in [-0.05, 0) is 12.1 Å². The minimum absolute atomic E-state index is 0.0808. The van der Waals surface area contributed by atoms with E-state index < -0.39 is 17.4 Å². The van der Waals surface area contributed by atoms with Crippen molar-refractivity contribution < 1.29 is 13.6 Å². The molecule has 1 rings (SSSR count). The Morgan fingerprint density at radius 2 is 2.08 bits per heavy atom. The van der Waals surface area contributed by atoms with Gasteiger partial charge in [0.2, 0.25) is 0 Å². The van der Waals surface area contributed by atoms with Gasteiger partial charge >= 0.3 is 0 Å². The van der Waals surface area contributed by atoms with E-state index in [1.54, 1.807) is 0 Å². The Kier molecular flexibility index (Phi) is 2.81. The highest BCUT2D eigenvalue weighted by Crippen LogP contribution is 2.10. The molecule has 0 aliphatic heterocycles. The van der Waals surface area contributed by atoms with Gasteiger partial charge in [0.15, 0.2) is 5.78 Å². The Labute approximate surface area is 73.8 Å². The van der Waals surface area contributed by atoms with Crippen molar-refractivity contribution in [3.8, 4) is 0 Å². The number of Topliss-reactive ketones (excluding diaryl/α,β-unsaturated/α-hetero) is 1. The van der Waals surface area contributed by atoms with Crippen LogP contribution in [-0.2, 0) is 0 Å². The summed E-state index contributed by atoms with van der Waals surface area (Å²) in [5.41, 5.74) is -0.119. The Hall–Kier alpha value is -0.900. The SMILES string of the molecule is O=C(CS)c1ccc(F)cc1F. The van der Waals surface area contributed by atoms with E-state index in [1.165, 1.54) is 0 Å². The number of hydrogen-bond acceptors (Lipinski definition) is 2. The van der Waals surface area contributed by atoms with Crippen molar-refractivity contribution in [3.05, 3.63) is 35.4 Å². The zero-order valence-electron chi connectivity index (χ0n) is 6.05. The van der Waals surface area contributed by atoms with Crippen LogP contribution in [0.4, 0.5) is 8.78 Å². The second-order valence-corrected chi connectivity index (χ2v) is 2.52. The van der Waals surface area contributed by atoms with Crippen LogP contribution in [0.2, 0.25) is 0 Å². The summed E-state index contributed by atoms with van der Waals surface area (Å²) in [4.78, 5) is 10.9. The van der Waals surface area contributed by atoms with Gasteiger partial charge in [-0.3, -0.25) is 4.79 Å². The number of ketones is 1. The maximum Gasteiger partial charge on any atom is 0.175 e. The second kappa shape index (κ2) is 3.67.